The minimum atomic E-state index is -2.83. The Bertz CT molecular complexity index is 1460. The van der Waals surface area contributed by atoms with Crippen LogP contribution >= 0.6 is 0 Å². The van der Waals surface area contributed by atoms with Gasteiger partial charge in [-0.1, -0.05) is 90.1 Å². The zero-order valence-electron chi connectivity index (χ0n) is 24.1. The van der Waals surface area contributed by atoms with Crippen LogP contribution in [-0.4, -0.2) is 51.9 Å². The first-order valence-corrected chi connectivity index (χ1v) is 14.3. The molecule has 9 heteroatoms. The van der Waals surface area contributed by atoms with Crippen molar-refractivity contribution in [3.05, 3.63) is 72.6 Å². The van der Waals surface area contributed by atoms with Crippen LogP contribution in [0.15, 0.2) is 60.9 Å². The second-order valence-electron chi connectivity index (χ2n) is 12.5. The number of rotatable bonds is 8. The Balaban J connectivity index is 1.53. The molecule has 0 aliphatic heterocycles. The SMILES string of the molecule is CN(C)N([C@H](c1nc(-c2ccc(-c3ccc(-c4c[nH]c(CC(C)(C)C)n4)cc3)cc2)c[nH]1)C(C)(C)C)[SH](=O)=O. The van der Waals surface area contributed by atoms with Gasteiger partial charge in [-0.2, -0.15) is 0 Å². The van der Waals surface area contributed by atoms with Gasteiger partial charge in [0.15, 0.2) is 0 Å². The molecule has 4 aromatic rings. The molecule has 2 heterocycles. The van der Waals surface area contributed by atoms with Crippen molar-refractivity contribution < 1.29 is 8.42 Å². The minimum absolute atomic E-state index is 0.182. The molecule has 4 rings (SSSR count). The van der Waals surface area contributed by atoms with Crippen molar-refractivity contribution in [2.24, 2.45) is 10.8 Å². The lowest BCUT2D eigenvalue weighted by Crippen LogP contribution is -2.44. The summed E-state index contributed by atoms with van der Waals surface area (Å²) in [6.07, 6.45) is 4.71. The first-order chi connectivity index (χ1) is 18.2. The fourth-order valence-corrected chi connectivity index (χ4v) is 5.67. The third-order valence-electron chi connectivity index (χ3n) is 6.51. The fourth-order valence-electron chi connectivity index (χ4n) is 4.73. The molecule has 0 saturated carbocycles. The summed E-state index contributed by atoms with van der Waals surface area (Å²) in [4.78, 5) is 16.1. The molecular formula is C30H40N6O2S. The van der Waals surface area contributed by atoms with E-state index in [1.807, 2.05) is 45.3 Å². The van der Waals surface area contributed by atoms with Crippen LogP contribution in [0, 0.1) is 10.8 Å². The van der Waals surface area contributed by atoms with Crippen molar-refractivity contribution in [2.45, 2.75) is 54.0 Å². The molecule has 0 aliphatic carbocycles. The van der Waals surface area contributed by atoms with Gasteiger partial charge in [-0.15, -0.1) is 4.41 Å². The van der Waals surface area contributed by atoms with Gasteiger partial charge in [0.25, 0.3) is 0 Å². The van der Waals surface area contributed by atoms with Crippen molar-refractivity contribution in [2.75, 3.05) is 14.1 Å². The molecular weight excluding hydrogens is 508 g/mol. The lowest BCUT2D eigenvalue weighted by Gasteiger charge is -2.38. The zero-order chi connectivity index (χ0) is 28.5. The number of hydrogen-bond acceptors (Lipinski definition) is 5. The standard InChI is InChI=1S/C30H40N6O2S/c1-29(2,3)17-26-31-18-24(33-26)22-13-9-20(10-14-22)21-11-15-23(16-12-21)25-19-32-28(34-25)27(30(4,5)6)36(35(7)8)39(37)38/h9-16,18-19,27,39H,17H2,1-8H3,(H,31,33)(H,32,34)/t27-/m1/s1. The van der Waals surface area contributed by atoms with E-state index in [1.165, 1.54) is 4.41 Å². The highest BCUT2D eigenvalue weighted by Gasteiger charge is 2.37. The molecule has 0 radical (unpaired) electrons. The summed E-state index contributed by atoms with van der Waals surface area (Å²) in [5.74, 6) is 1.61. The average Bonchev–Trinajstić information content (AvgIpc) is 3.50. The molecule has 0 unspecified atom stereocenters. The van der Waals surface area contributed by atoms with Crippen LogP contribution in [0.25, 0.3) is 33.6 Å². The third-order valence-corrected chi connectivity index (χ3v) is 7.43. The van der Waals surface area contributed by atoms with Crippen LogP contribution in [0.4, 0.5) is 0 Å². The largest absolute Gasteiger partial charge is 0.348 e. The highest BCUT2D eigenvalue weighted by molar-refractivity contribution is 7.69. The van der Waals surface area contributed by atoms with Crippen molar-refractivity contribution in [3.63, 3.8) is 0 Å². The predicted molar refractivity (Wildman–Crippen MR) is 158 cm³/mol. The van der Waals surface area contributed by atoms with E-state index in [0.717, 1.165) is 45.9 Å². The molecule has 0 fully saturated rings. The monoisotopic (exact) mass is 548 g/mol. The maximum Gasteiger partial charge on any atom is 0.217 e. The third kappa shape index (κ3) is 6.84. The van der Waals surface area contributed by atoms with Gasteiger partial charge in [0.2, 0.25) is 10.9 Å². The zero-order valence-corrected chi connectivity index (χ0v) is 25.0. The Morgan fingerprint density at radius 2 is 1.21 bits per heavy atom. The van der Waals surface area contributed by atoms with Crippen molar-refractivity contribution in [1.29, 1.82) is 0 Å². The van der Waals surface area contributed by atoms with E-state index in [-0.39, 0.29) is 10.8 Å². The van der Waals surface area contributed by atoms with E-state index in [9.17, 15) is 8.42 Å². The Labute approximate surface area is 233 Å². The number of benzene rings is 2. The molecule has 2 N–H and O–H groups in total. The van der Waals surface area contributed by atoms with Crippen molar-refractivity contribution >= 4 is 10.9 Å². The number of thiol groups is 1. The Morgan fingerprint density at radius 3 is 1.64 bits per heavy atom. The molecule has 0 amide bonds. The smallest absolute Gasteiger partial charge is 0.217 e. The molecule has 2 aromatic heterocycles. The van der Waals surface area contributed by atoms with Gasteiger partial charge in [-0.25, -0.2) is 23.4 Å². The molecule has 1 atom stereocenters. The topological polar surface area (TPSA) is 98.0 Å². The summed E-state index contributed by atoms with van der Waals surface area (Å²) in [6, 6.07) is 16.2. The van der Waals surface area contributed by atoms with E-state index in [2.05, 4.69) is 67.1 Å². The minimum Gasteiger partial charge on any atom is -0.348 e. The second-order valence-corrected chi connectivity index (χ2v) is 13.4. The lowest BCUT2D eigenvalue weighted by atomic mass is 9.86. The number of H-pyrrole nitrogens is 2. The Hall–Kier alpha value is -3.27. The number of imidazole rings is 2. The summed E-state index contributed by atoms with van der Waals surface area (Å²) < 4.78 is 25.5. The fraction of sp³-hybridized carbons (Fsp3) is 0.400. The van der Waals surface area contributed by atoms with E-state index in [1.54, 1.807) is 19.1 Å². The summed E-state index contributed by atoms with van der Waals surface area (Å²) >= 11 is 0. The normalized spacial score (nSPS) is 13.5. The lowest BCUT2D eigenvalue weighted by molar-refractivity contribution is 0.0236. The first kappa shape index (κ1) is 28.7. The van der Waals surface area contributed by atoms with Crippen LogP contribution in [0.5, 0.6) is 0 Å². The number of hydrogen-bond donors (Lipinski definition) is 3. The number of hydrazine groups is 1. The quantitative estimate of drug-likeness (QED) is 0.182. The number of aromatic nitrogens is 4. The van der Waals surface area contributed by atoms with E-state index in [4.69, 9.17) is 9.97 Å². The summed E-state index contributed by atoms with van der Waals surface area (Å²) in [5, 5.41) is 1.58. The molecule has 0 aliphatic rings. The maximum atomic E-state index is 12.1. The van der Waals surface area contributed by atoms with Crippen molar-refractivity contribution in [1.82, 2.24) is 29.4 Å². The van der Waals surface area contributed by atoms with Crippen LogP contribution in [0.2, 0.25) is 0 Å². The van der Waals surface area contributed by atoms with E-state index in [0.29, 0.717) is 5.82 Å². The molecule has 0 saturated heterocycles. The van der Waals surface area contributed by atoms with Crippen molar-refractivity contribution in [3.8, 4) is 33.6 Å². The van der Waals surface area contributed by atoms with Gasteiger partial charge in [0, 0.05) is 44.0 Å². The van der Waals surface area contributed by atoms with Gasteiger partial charge < -0.3 is 9.97 Å². The Kier molecular flexibility index (Phi) is 8.16. The van der Waals surface area contributed by atoms with Crippen LogP contribution < -0.4 is 0 Å². The summed E-state index contributed by atoms with van der Waals surface area (Å²) in [6.45, 7) is 12.6. The Morgan fingerprint density at radius 1 is 0.744 bits per heavy atom. The predicted octanol–water partition coefficient (Wildman–Crippen LogP) is 6.11. The van der Waals surface area contributed by atoms with Crippen LogP contribution in [0.1, 0.15) is 59.2 Å². The molecule has 8 nitrogen and oxygen atoms in total. The van der Waals surface area contributed by atoms with Crippen LogP contribution in [0.3, 0.4) is 0 Å². The molecule has 0 spiro atoms. The molecule has 2 aromatic carbocycles. The van der Waals surface area contributed by atoms with E-state index >= 15 is 0 Å². The van der Waals surface area contributed by atoms with E-state index < -0.39 is 16.9 Å². The first-order valence-electron chi connectivity index (χ1n) is 13.1. The van der Waals surface area contributed by atoms with Gasteiger partial charge in [0.1, 0.15) is 17.7 Å². The summed E-state index contributed by atoms with van der Waals surface area (Å²) in [7, 11) is 0.606. The molecule has 39 heavy (non-hydrogen) atoms. The number of aromatic amines is 2. The average molecular weight is 549 g/mol. The highest BCUT2D eigenvalue weighted by atomic mass is 32.2. The number of nitrogens with one attached hydrogen (secondary N) is 2. The van der Waals surface area contributed by atoms with Gasteiger partial charge >= 0.3 is 0 Å². The van der Waals surface area contributed by atoms with Gasteiger partial charge in [0.05, 0.1) is 11.4 Å². The summed E-state index contributed by atoms with van der Waals surface area (Å²) in [5.41, 5.74) is 5.78. The molecule has 0 bridgehead atoms. The van der Waals surface area contributed by atoms with Crippen LogP contribution in [-0.2, 0) is 17.3 Å². The van der Waals surface area contributed by atoms with Gasteiger partial charge in [-0.3, -0.25) is 0 Å². The highest BCUT2D eigenvalue weighted by Crippen LogP contribution is 2.38. The molecule has 208 valence electrons. The number of nitrogens with zero attached hydrogens (tertiary/aromatic N) is 4. The maximum absolute atomic E-state index is 12.1. The second kappa shape index (κ2) is 11.1. The van der Waals surface area contributed by atoms with Gasteiger partial charge in [-0.05, 0) is 22.0 Å².